The lowest BCUT2D eigenvalue weighted by Crippen LogP contribution is -2.40. The van der Waals surface area contributed by atoms with Gasteiger partial charge < -0.3 is 10.2 Å². The smallest absolute Gasteiger partial charge is 0.317 e. The van der Waals surface area contributed by atoms with E-state index in [0.717, 1.165) is 37.8 Å². The predicted molar refractivity (Wildman–Crippen MR) is 93.6 cm³/mol. The number of rotatable bonds is 4. The number of carbonyl (C=O) groups excluding carboxylic acids is 1. The van der Waals surface area contributed by atoms with Crippen molar-refractivity contribution in [2.24, 2.45) is 24.8 Å². The highest BCUT2D eigenvalue weighted by Crippen LogP contribution is 2.44. The average molecular weight is 330 g/mol. The molecule has 5 nitrogen and oxygen atoms in total. The van der Waals surface area contributed by atoms with E-state index in [2.05, 4.69) is 16.6 Å². The molecule has 0 spiro atoms. The topological polar surface area (TPSA) is 50.2 Å². The van der Waals surface area contributed by atoms with Crippen LogP contribution in [-0.4, -0.2) is 39.8 Å². The monoisotopic (exact) mass is 330 g/mol. The van der Waals surface area contributed by atoms with Gasteiger partial charge in [-0.2, -0.15) is 5.10 Å². The Morgan fingerprint density at radius 3 is 2.88 bits per heavy atom. The lowest BCUT2D eigenvalue weighted by molar-refractivity contribution is 0.204. The Labute approximate surface area is 144 Å². The number of likely N-dealkylation sites (tertiary alicyclic amines) is 1. The summed E-state index contributed by atoms with van der Waals surface area (Å²) in [7, 11) is 1.95. The van der Waals surface area contributed by atoms with Crippen molar-refractivity contribution in [1.29, 1.82) is 0 Å². The van der Waals surface area contributed by atoms with E-state index in [1.165, 1.54) is 44.1 Å². The normalized spacial score (nSPS) is 30.5. The molecule has 0 unspecified atom stereocenters. The van der Waals surface area contributed by atoms with Gasteiger partial charge in [-0.05, 0) is 42.6 Å². The number of urea groups is 1. The Kier molecular flexibility index (Phi) is 4.51. The maximum absolute atomic E-state index is 12.5. The minimum atomic E-state index is 0.173. The molecule has 132 valence electrons. The average Bonchev–Trinajstić information content (AvgIpc) is 2.99. The van der Waals surface area contributed by atoms with E-state index >= 15 is 0 Å². The van der Waals surface area contributed by atoms with E-state index in [1.807, 2.05) is 22.8 Å². The summed E-state index contributed by atoms with van der Waals surface area (Å²) < 4.78 is 1.85. The van der Waals surface area contributed by atoms with Gasteiger partial charge in [0.05, 0.1) is 6.20 Å². The zero-order chi connectivity index (χ0) is 16.5. The highest BCUT2D eigenvalue weighted by molar-refractivity contribution is 5.75. The molecule has 1 aromatic rings. The highest BCUT2D eigenvalue weighted by atomic mass is 16.2. The van der Waals surface area contributed by atoms with Crippen LogP contribution in [0.4, 0.5) is 4.79 Å². The molecule has 1 saturated heterocycles. The van der Waals surface area contributed by atoms with Crippen LogP contribution in [0.25, 0.3) is 0 Å². The Bertz CT molecular complexity index is 578. The predicted octanol–water partition coefficient (Wildman–Crippen LogP) is 2.96. The summed E-state index contributed by atoms with van der Waals surface area (Å²) in [6, 6.07) is 0.630. The maximum Gasteiger partial charge on any atom is 0.317 e. The minimum absolute atomic E-state index is 0.173. The molecule has 0 bridgehead atoms. The van der Waals surface area contributed by atoms with Gasteiger partial charge in [0.15, 0.2) is 0 Å². The van der Waals surface area contributed by atoms with E-state index in [4.69, 9.17) is 0 Å². The first-order chi connectivity index (χ1) is 11.7. The Balaban J connectivity index is 1.21. The van der Waals surface area contributed by atoms with Crippen LogP contribution in [-0.2, 0) is 13.5 Å². The van der Waals surface area contributed by atoms with Crippen molar-refractivity contribution in [3.8, 4) is 0 Å². The lowest BCUT2D eigenvalue weighted by atomic mass is 9.85. The fraction of sp³-hybridized carbons (Fsp3) is 0.789. The van der Waals surface area contributed by atoms with E-state index in [1.54, 1.807) is 0 Å². The molecule has 1 N–H and O–H groups in total. The van der Waals surface area contributed by atoms with Crippen LogP contribution in [0.1, 0.15) is 50.5 Å². The number of nitrogens with one attached hydrogen (secondary N) is 1. The quantitative estimate of drug-likeness (QED) is 0.923. The van der Waals surface area contributed by atoms with Gasteiger partial charge in [0.2, 0.25) is 0 Å². The molecular formula is C19H30N4O. The van der Waals surface area contributed by atoms with E-state index in [9.17, 15) is 4.79 Å². The van der Waals surface area contributed by atoms with Crippen molar-refractivity contribution in [1.82, 2.24) is 20.0 Å². The van der Waals surface area contributed by atoms with Gasteiger partial charge in [0.1, 0.15) is 0 Å². The zero-order valence-corrected chi connectivity index (χ0v) is 14.8. The molecule has 5 heteroatoms. The third kappa shape index (κ3) is 3.60. The molecular weight excluding hydrogens is 300 g/mol. The van der Waals surface area contributed by atoms with E-state index < -0.39 is 0 Å². The largest absolute Gasteiger partial charge is 0.335 e. The Hall–Kier alpha value is -1.52. The third-order valence-corrected chi connectivity index (χ3v) is 6.26. The molecule has 2 saturated carbocycles. The second-order valence-corrected chi connectivity index (χ2v) is 8.18. The summed E-state index contributed by atoms with van der Waals surface area (Å²) >= 11 is 0. The van der Waals surface area contributed by atoms with Crippen LogP contribution in [0.15, 0.2) is 12.4 Å². The summed E-state index contributed by atoms with van der Waals surface area (Å²) in [6.45, 7) is 1.79. The van der Waals surface area contributed by atoms with Crippen molar-refractivity contribution >= 4 is 6.03 Å². The SMILES string of the molecule is Cn1cc(C[C@@H]2CCN(C(=O)N[C@@H]3C[C@@H]3C3CCCCC3)C2)cn1. The van der Waals surface area contributed by atoms with Crippen LogP contribution in [0.2, 0.25) is 0 Å². The van der Waals surface area contributed by atoms with Crippen LogP contribution < -0.4 is 5.32 Å². The fourth-order valence-electron chi connectivity index (χ4n) is 4.81. The minimum Gasteiger partial charge on any atom is -0.335 e. The number of hydrogen-bond acceptors (Lipinski definition) is 2. The van der Waals surface area contributed by atoms with Crippen molar-refractivity contribution in [2.75, 3.05) is 13.1 Å². The van der Waals surface area contributed by atoms with E-state index in [-0.39, 0.29) is 6.03 Å². The van der Waals surface area contributed by atoms with Gasteiger partial charge in [0, 0.05) is 32.4 Å². The number of carbonyl (C=O) groups is 1. The molecule has 4 rings (SSSR count). The second-order valence-electron chi connectivity index (χ2n) is 8.18. The molecule has 1 aromatic heterocycles. The summed E-state index contributed by atoms with van der Waals surface area (Å²) in [5.74, 6) is 2.22. The van der Waals surface area contributed by atoms with Gasteiger partial charge >= 0.3 is 6.03 Å². The van der Waals surface area contributed by atoms with Gasteiger partial charge in [-0.25, -0.2) is 4.79 Å². The molecule has 2 aliphatic carbocycles. The first kappa shape index (κ1) is 16.0. The fourth-order valence-corrected chi connectivity index (χ4v) is 4.81. The van der Waals surface area contributed by atoms with E-state index in [0.29, 0.717) is 12.0 Å². The summed E-state index contributed by atoms with van der Waals surface area (Å²) in [5.41, 5.74) is 1.28. The van der Waals surface area contributed by atoms with Crippen molar-refractivity contribution in [3.63, 3.8) is 0 Å². The van der Waals surface area contributed by atoms with Gasteiger partial charge in [-0.1, -0.05) is 32.1 Å². The number of hydrogen-bond donors (Lipinski definition) is 1. The molecule has 24 heavy (non-hydrogen) atoms. The molecule has 2 heterocycles. The third-order valence-electron chi connectivity index (χ3n) is 6.26. The maximum atomic E-state index is 12.5. The lowest BCUT2D eigenvalue weighted by Gasteiger charge is -2.22. The molecule has 0 aromatic carbocycles. The van der Waals surface area contributed by atoms with Crippen molar-refractivity contribution in [3.05, 3.63) is 18.0 Å². The first-order valence-corrected chi connectivity index (χ1v) is 9.72. The van der Waals surface area contributed by atoms with Crippen molar-refractivity contribution < 1.29 is 4.79 Å². The number of amides is 2. The summed E-state index contributed by atoms with van der Waals surface area (Å²) in [5, 5.41) is 7.54. The molecule has 3 aliphatic rings. The molecule has 0 radical (unpaired) electrons. The summed E-state index contributed by atoms with van der Waals surface area (Å²) in [4.78, 5) is 14.5. The molecule has 1 aliphatic heterocycles. The van der Waals surface area contributed by atoms with Crippen LogP contribution in [0.3, 0.4) is 0 Å². The van der Waals surface area contributed by atoms with Gasteiger partial charge in [-0.3, -0.25) is 4.68 Å². The van der Waals surface area contributed by atoms with Crippen LogP contribution in [0.5, 0.6) is 0 Å². The van der Waals surface area contributed by atoms with Gasteiger partial charge in [0.25, 0.3) is 0 Å². The van der Waals surface area contributed by atoms with Crippen LogP contribution in [0, 0.1) is 17.8 Å². The molecule has 3 fully saturated rings. The van der Waals surface area contributed by atoms with Crippen LogP contribution >= 0.6 is 0 Å². The second kappa shape index (κ2) is 6.77. The number of nitrogens with zero attached hydrogens (tertiary/aromatic N) is 3. The number of aromatic nitrogens is 2. The Morgan fingerprint density at radius 1 is 1.29 bits per heavy atom. The molecule has 2 amide bonds. The standard InChI is InChI=1S/C19H30N4O/c1-22-12-15(11-20-22)9-14-7-8-23(13-14)19(24)21-18-10-17(18)16-5-3-2-4-6-16/h11-12,14,16-18H,2-10,13H2,1H3,(H,21,24)/t14-,17+,18+/m0/s1. The zero-order valence-electron chi connectivity index (χ0n) is 14.8. The Morgan fingerprint density at radius 2 is 2.12 bits per heavy atom. The molecule has 3 atom stereocenters. The summed E-state index contributed by atoms with van der Waals surface area (Å²) in [6.07, 6.45) is 14.3. The first-order valence-electron chi connectivity index (χ1n) is 9.72. The van der Waals surface area contributed by atoms with Gasteiger partial charge in [-0.15, -0.1) is 0 Å². The van der Waals surface area contributed by atoms with Crippen molar-refractivity contribution in [2.45, 2.75) is 57.4 Å². The number of aryl methyl sites for hydroxylation is 1. The highest BCUT2D eigenvalue weighted by Gasteiger charge is 2.44.